The summed E-state index contributed by atoms with van der Waals surface area (Å²) in [6.45, 7) is 4.02. The van der Waals surface area contributed by atoms with Crippen molar-refractivity contribution in [3.05, 3.63) is 89.5 Å². The standard InChI is InChI=1S/C22H22N2OS/c1-15-8-9-16(2)20(14-15)24-22(25)21(17-6-4-3-5-7-17)26-19-12-10-18(23)11-13-19/h3-14,21H,23H2,1-2H3,(H,24,25). The van der Waals surface area contributed by atoms with Crippen LogP contribution in [0.1, 0.15) is 21.9 Å². The van der Waals surface area contributed by atoms with Gasteiger partial charge in [0, 0.05) is 16.3 Å². The number of nitrogens with one attached hydrogen (secondary N) is 1. The Morgan fingerprint density at radius 1 is 0.962 bits per heavy atom. The fraction of sp³-hybridized carbons (Fsp3) is 0.136. The Labute approximate surface area is 158 Å². The van der Waals surface area contributed by atoms with Gasteiger partial charge in [0.25, 0.3) is 0 Å². The summed E-state index contributed by atoms with van der Waals surface area (Å²) in [6.07, 6.45) is 0. The Morgan fingerprint density at radius 3 is 2.35 bits per heavy atom. The van der Waals surface area contributed by atoms with Gasteiger partial charge in [0.05, 0.1) is 0 Å². The summed E-state index contributed by atoms with van der Waals surface area (Å²) in [6, 6.07) is 23.5. The van der Waals surface area contributed by atoms with Crippen LogP contribution in [0.5, 0.6) is 0 Å². The van der Waals surface area contributed by atoms with Crippen LogP contribution in [0.15, 0.2) is 77.7 Å². The lowest BCUT2D eigenvalue weighted by Gasteiger charge is -2.18. The first kappa shape index (κ1) is 18.1. The highest BCUT2D eigenvalue weighted by Gasteiger charge is 2.22. The van der Waals surface area contributed by atoms with Crippen molar-refractivity contribution in [1.29, 1.82) is 0 Å². The fourth-order valence-electron chi connectivity index (χ4n) is 2.65. The Bertz CT molecular complexity index is 892. The highest BCUT2D eigenvalue weighted by molar-refractivity contribution is 8.00. The molecule has 0 spiro atoms. The van der Waals surface area contributed by atoms with Crippen molar-refractivity contribution in [3.63, 3.8) is 0 Å². The second-order valence-electron chi connectivity index (χ2n) is 6.29. The van der Waals surface area contributed by atoms with Gasteiger partial charge >= 0.3 is 0 Å². The van der Waals surface area contributed by atoms with Crippen LogP contribution < -0.4 is 11.1 Å². The van der Waals surface area contributed by atoms with E-state index in [1.54, 1.807) is 0 Å². The summed E-state index contributed by atoms with van der Waals surface area (Å²) < 4.78 is 0. The molecule has 3 rings (SSSR count). The molecule has 1 atom stereocenters. The number of amides is 1. The minimum atomic E-state index is -0.347. The van der Waals surface area contributed by atoms with Gasteiger partial charge in [0.1, 0.15) is 5.25 Å². The molecule has 3 aromatic rings. The maximum absolute atomic E-state index is 13.1. The summed E-state index contributed by atoms with van der Waals surface area (Å²) in [5.41, 5.74) is 10.5. The highest BCUT2D eigenvalue weighted by Crippen LogP contribution is 2.36. The number of nitrogens with two attached hydrogens (primary N) is 1. The van der Waals surface area contributed by atoms with E-state index in [4.69, 9.17) is 5.73 Å². The number of aryl methyl sites for hydroxylation is 2. The summed E-state index contributed by atoms with van der Waals surface area (Å²) in [5, 5.41) is 2.75. The molecule has 26 heavy (non-hydrogen) atoms. The second kappa shape index (κ2) is 8.11. The topological polar surface area (TPSA) is 55.1 Å². The van der Waals surface area contributed by atoms with Crippen LogP contribution >= 0.6 is 11.8 Å². The molecule has 1 unspecified atom stereocenters. The van der Waals surface area contributed by atoms with Gasteiger partial charge in [-0.25, -0.2) is 0 Å². The van der Waals surface area contributed by atoms with Crippen LogP contribution in [0, 0.1) is 13.8 Å². The van der Waals surface area contributed by atoms with E-state index < -0.39 is 0 Å². The maximum atomic E-state index is 13.1. The van der Waals surface area contributed by atoms with Crippen molar-refractivity contribution in [1.82, 2.24) is 0 Å². The molecule has 4 heteroatoms. The third kappa shape index (κ3) is 4.46. The van der Waals surface area contributed by atoms with Crippen LogP contribution in [0.25, 0.3) is 0 Å². The van der Waals surface area contributed by atoms with Crippen molar-refractivity contribution in [2.24, 2.45) is 0 Å². The summed E-state index contributed by atoms with van der Waals surface area (Å²) >= 11 is 1.52. The maximum Gasteiger partial charge on any atom is 0.242 e. The number of nitrogen functional groups attached to an aromatic ring is 1. The molecule has 0 aliphatic carbocycles. The molecule has 3 N–H and O–H groups in total. The van der Waals surface area contributed by atoms with Gasteiger partial charge in [-0.15, -0.1) is 11.8 Å². The van der Waals surface area contributed by atoms with Crippen molar-refractivity contribution >= 4 is 29.0 Å². The largest absolute Gasteiger partial charge is 0.399 e. The lowest BCUT2D eigenvalue weighted by atomic mass is 10.1. The van der Waals surface area contributed by atoms with Crippen LogP contribution in [0.3, 0.4) is 0 Å². The molecule has 0 fully saturated rings. The van der Waals surface area contributed by atoms with Gasteiger partial charge in [-0.3, -0.25) is 4.79 Å². The molecule has 0 bridgehead atoms. The van der Waals surface area contributed by atoms with Gasteiger partial charge in [0.15, 0.2) is 0 Å². The molecule has 3 nitrogen and oxygen atoms in total. The molecular weight excluding hydrogens is 340 g/mol. The molecular formula is C22H22N2OS. The first-order valence-electron chi connectivity index (χ1n) is 8.48. The number of carbonyl (C=O) groups excluding carboxylic acids is 1. The lowest BCUT2D eigenvalue weighted by molar-refractivity contribution is -0.115. The van der Waals surface area contributed by atoms with Gasteiger partial charge in [-0.1, -0.05) is 42.5 Å². The third-order valence-electron chi connectivity index (χ3n) is 4.13. The molecule has 1 amide bonds. The van der Waals surface area contributed by atoms with E-state index in [1.807, 2.05) is 86.6 Å². The van der Waals surface area contributed by atoms with Crippen LogP contribution in [0.4, 0.5) is 11.4 Å². The van der Waals surface area contributed by atoms with E-state index in [2.05, 4.69) is 5.32 Å². The predicted octanol–water partition coefficient (Wildman–Crippen LogP) is 5.36. The predicted molar refractivity (Wildman–Crippen MR) is 110 cm³/mol. The van der Waals surface area contributed by atoms with Crippen LogP contribution in [-0.2, 0) is 4.79 Å². The number of hydrogen-bond donors (Lipinski definition) is 2. The van der Waals surface area contributed by atoms with Crippen LogP contribution in [-0.4, -0.2) is 5.91 Å². The zero-order valence-corrected chi connectivity index (χ0v) is 15.7. The second-order valence-corrected chi connectivity index (χ2v) is 7.46. The van der Waals surface area contributed by atoms with Crippen molar-refractivity contribution in [2.45, 2.75) is 24.0 Å². The molecule has 0 aromatic heterocycles. The molecule has 132 valence electrons. The normalized spacial score (nSPS) is 11.8. The summed E-state index contributed by atoms with van der Waals surface area (Å²) in [4.78, 5) is 14.1. The monoisotopic (exact) mass is 362 g/mol. The van der Waals surface area contributed by atoms with Gasteiger partial charge in [0.2, 0.25) is 5.91 Å². The Morgan fingerprint density at radius 2 is 1.65 bits per heavy atom. The lowest BCUT2D eigenvalue weighted by Crippen LogP contribution is -2.19. The number of anilines is 2. The van der Waals surface area contributed by atoms with E-state index in [0.717, 1.165) is 27.3 Å². The summed E-state index contributed by atoms with van der Waals surface area (Å²) in [5.74, 6) is -0.0354. The number of thioether (sulfide) groups is 1. The number of hydrogen-bond acceptors (Lipinski definition) is 3. The molecule has 3 aromatic carbocycles. The SMILES string of the molecule is Cc1ccc(C)c(NC(=O)C(Sc2ccc(N)cc2)c2ccccc2)c1. The molecule has 0 radical (unpaired) electrons. The number of carbonyl (C=O) groups is 1. The molecule has 0 heterocycles. The quantitative estimate of drug-likeness (QED) is 0.475. The highest BCUT2D eigenvalue weighted by atomic mass is 32.2. The van der Waals surface area contributed by atoms with Gasteiger partial charge < -0.3 is 11.1 Å². The third-order valence-corrected chi connectivity index (χ3v) is 5.39. The molecule has 0 aliphatic rings. The first-order chi connectivity index (χ1) is 12.5. The van der Waals surface area contributed by atoms with E-state index in [1.165, 1.54) is 11.8 Å². The van der Waals surface area contributed by atoms with Crippen molar-refractivity contribution in [3.8, 4) is 0 Å². The van der Waals surface area contributed by atoms with E-state index in [9.17, 15) is 4.79 Å². The number of rotatable bonds is 5. The Hall–Kier alpha value is -2.72. The van der Waals surface area contributed by atoms with Crippen molar-refractivity contribution < 1.29 is 4.79 Å². The smallest absolute Gasteiger partial charge is 0.242 e. The van der Waals surface area contributed by atoms with Gasteiger partial charge in [-0.2, -0.15) is 0 Å². The van der Waals surface area contributed by atoms with Crippen LogP contribution in [0.2, 0.25) is 0 Å². The zero-order valence-electron chi connectivity index (χ0n) is 14.9. The zero-order chi connectivity index (χ0) is 18.5. The van der Waals surface area contributed by atoms with Crippen molar-refractivity contribution in [2.75, 3.05) is 11.1 Å². The minimum Gasteiger partial charge on any atom is -0.399 e. The Balaban J connectivity index is 1.88. The average Bonchev–Trinajstić information content (AvgIpc) is 2.65. The fourth-order valence-corrected chi connectivity index (χ4v) is 3.68. The minimum absolute atomic E-state index is 0.0354. The summed E-state index contributed by atoms with van der Waals surface area (Å²) in [7, 11) is 0. The van der Waals surface area contributed by atoms with Gasteiger partial charge in [-0.05, 0) is 60.9 Å². The van der Waals surface area contributed by atoms with E-state index in [-0.39, 0.29) is 11.2 Å². The van der Waals surface area contributed by atoms with E-state index >= 15 is 0 Å². The van der Waals surface area contributed by atoms with E-state index in [0.29, 0.717) is 5.69 Å². The number of benzene rings is 3. The molecule has 0 saturated carbocycles. The molecule has 0 aliphatic heterocycles. The molecule has 0 saturated heterocycles. The Kier molecular flexibility index (Phi) is 5.64. The average molecular weight is 362 g/mol. The first-order valence-corrected chi connectivity index (χ1v) is 9.36.